The van der Waals surface area contributed by atoms with Gasteiger partial charge in [-0.25, -0.2) is 9.78 Å². The van der Waals surface area contributed by atoms with Crippen LogP contribution in [-0.2, 0) is 16.1 Å². The Balaban J connectivity index is 1.89. The molecule has 1 aromatic carbocycles. The number of thiophene rings is 1. The van der Waals surface area contributed by atoms with Gasteiger partial charge in [-0.3, -0.25) is 19.0 Å². The van der Waals surface area contributed by atoms with Gasteiger partial charge in [0, 0.05) is 0 Å². The van der Waals surface area contributed by atoms with Gasteiger partial charge in [0.05, 0.1) is 29.6 Å². The van der Waals surface area contributed by atoms with Gasteiger partial charge in [-0.2, -0.15) is 0 Å². The molecule has 3 rings (SSSR count). The lowest BCUT2D eigenvalue weighted by Gasteiger charge is -2.10. The molecule has 0 saturated heterocycles. The van der Waals surface area contributed by atoms with Crippen molar-refractivity contribution >= 4 is 45.0 Å². The third-order valence-corrected chi connectivity index (χ3v) is 5.34. The molecule has 0 bridgehead atoms. The van der Waals surface area contributed by atoms with Gasteiger partial charge in [0.1, 0.15) is 16.3 Å². The van der Waals surface area contributed by atoms with Crippen molar-refractivity contribution in [3.05, 3.63) is 57.0 Å². The van der Waals surface area contributed by atoms with Crippen molar-refractivity contribution in [1.82, 2.24) is 9.55 Å². The maximum atomic E-state index is 12.8. The lowest BCUT2D eigenvalue weighted by Crippen LogP contribution is -2.28. The number of aromatic nitrogens is 2. The summed E-state index contributed by atoms with van der Waals surface area (Å²) in [4.78, 5) is 53.7. The van der Waals surface area contributed by atoms with Crippen LogP contribution in [0.5, 0.6) is 0 Å². The van der Waals surface area contributed by atoms with E-state index < -0.39 is 23.3 Å². The first-order valence-corrected chi connectivity index (χ1v) is 9.49. The average molecular weight is 414 g/mol. The zero-order chi connectivity index (χ0) is 21.1. The number of hydrogen-bond donors (Lipinski definition) is 2. The Kier molecular flexibility index (Phi) is 5.74. The van der Waals surface area contributed by atoms with Gasteiger partial charge in [-0.1, -0.05) is 12.1 Å². The minimum absolute atomic E-state index is 0.162. The molecule has 10 heteroatoms. The van der Waals surface area contributed by atoms with E-state index >= 15 is 0 Å². The minimum Gasteiger partial charge on any atom is -0.462 e. The van der Waals surface area contributed by atoms with Gasteiger partial charge in [0.2, 0.25) is 5.91 Å². The summed E-state index contributed by atoms with van der Waals surface area (Å²) < 4.78 is 6.14. The molecule has 29 heavy (non-hydrogen) atoms. The first kappa shape index (κ1) is 20.2. The fourth-order valence-corrected chi connectivity index (χ4v) is 3.85. The van der Waals surface area contributed by atoms with Crippen molar-refractivity contribution in [2.24, 2.45) is 5.73 Å². The van der Waals surface area contributed by atoms with Gasteiger partial charge in [0.15, 0.2) is 0 Å². The summed E-state index contributed by atoms with van der Waals surface area (Å²) in [6.07, 6.45) is 1.25. The zero-order valence-electron chi connectivity index (χ0n) is 15.7. The molecule has 0 aliphatic carbocycles. The second-order valence-electron chi connectivity index (χ2n) is 6.09. The predicted molar refractivity (Wildman–Crippen MR) is 108 cm³/mol. The number of amides is 2. The Bertz CT molecular complexity index is 1180. The summed E-state index contributed by atoms with van der Waals surface area (Å²) in [5, 5.41) is 2.84. The van der Waals surface area contributed by atoms with Crippen molar-refractivity contribution in [2.75, 3.05) is 11.9 Å². The number of esters is 1. The first-order chi connectivity index (χ1) is 13.8. The van der Waals surface area contributed by atoms with Crippen LogP contribution < -0.4 is 16.6 Å². The number of para-hydroxylation sites is 1. The number of rotatable bonds is 6. The predicted octanol–water partition coefficient (Wildman–Crippen LogP) is 1.68. The molecule has 2 heterocycles. The fourth-order valence-electron chi connectivity index (χ4n) is 2.81. The molecule has 0 aliphatic rings. The zero-order valence-corrected chi connectivity index (χ0v) is 16.5. The highest BCUT2D eigenvalue weighted by atomic mass is 32.1. The SMILES string of the molecule is CCOC(=O)c1sc2ncn(CC(=O)Nc3ccccc3C(N)=O)c(=O)c2c1C. The van der Waals surface area contributed by atoms with Gasteiger partial charge in [0.25, 0.3) is 11.5 Å². The molecule has 9 nitrogen and oxygen atoms in total. The summed E-state index contributed by atoms with van der Waals surface area (Å²) >= 11 is 1.07. The molecule has 2 aromatic heterocycles. The van der Waals surface area contributed by atoms with E-state index in [0.717, 1.165) is 15.9 Å². The van der Waals surface area contributed by atoms with Crippen molar-refractivity contribution in [3.8, 4) is 0 Å². The molecule has 0 atom stereocenters. The number of carbonyl (C=O) groups is 3. The van der Waals surface area contributed by atoms with E-state index in [0.29, 0.717) is 15.3 Å². The third-order valence-electron chi connectivity index (χ3n) is 4.16. The highest BCUT2D eigenvalue weighted by Gasteiger charge is 2.21. The van der Waals surface area contributed by atoms with Gasteiger partial charge in [-0.15, -0.1) is 11.3 Å². The van der Waals surface area contributed by atoms with Crippen LogP contribution in [0.2, 0.25) is 0 Å². The Morgan fingerprint density at radius 3 is 2.69 bits per heavy atom. The molecular formula is C19H18N4O5S. The number of benzene rings is 1. The van der Waals surface area contributed by atoms with E-state index in [2.05, 4.69) is 10.3 Å². The van der Waals surface area contributed by atoms with E-state index in [9.17, 15) is 19.2 Å². The normalized spacial score (nSPS) is 10.7. The Labute approximate surface area is 169 Å². The molecule has 2 amide bonds. The number of fused-ring (bicyclic) bond motifs is 1. The Hall–Kier alpha value is -3.53. The van der Waals surface area contributed by atoms with Crippen LogP contribution in [0.25, 0.3) is 10.2 Å². The van der Waals surface area contributed by atoms with Crippen molar-refractivity contribution in [1.29, 1.82) is 0 Å². The van der Waals surface area contributed by atoms with E-state index in [-0.39, 0.29) is 29.8 Å². The second kappa shape index (κ2) is 8.23. The van der Waals surface area contributed by atoms with E-state index in [1.807, 2.05) is 0 Å². The fraction of sp³-hybridized carbons (Fsp3) is 0.211. The monoisotopic (exact) mass is 414 g/mol. The minimum atomic E-state index is -0.679. The van der Waals surface area contributed by atoms with Gasteiger partial charge in [-0.05, 0) is 31.5 Å². The summed E-state index contributed by atoms with van der Waals surface area (Å²) in [5.41, 5.74) is 5.74. The van der Waals surface area contributed by atoms with Crippen molar-refractivity contribution < 1.29 is 19.1 Å². The maximum Gasteiger partial charge on any atom is 0.348 e. The molecule has 0 unspecified atom stereocenters. The smallest absolute Gasteiger partial charge is 0.348 e. The van der Waals surface area contributed by atoms with Crippen LogP contribution >= 0.6 is 11.3 Å². The second-order valence-corrected chi connectivity index (χ2v) is 7.09. The van der Waals surface area contributed by atoms with Gasteiger partial charge >= 0.3 is 5.97 Å². The molecule has 3 aromatic rings. The van der Waals surface area contributed by atoms with Crippen molar-refractivity contribution in [2.45, 2.75) is 20.4 Å². The highest BCUT2D eigenvalue weighted by molar-refractivity contribution is 7.20. The lowest BCUT2D eigenvalue weighted by molar-refractivity contribution is -0.116. The van der Waals surface area contributed by atoms with Crippen molar-refractivity contribution in [3.63, 3.8) is 0 Å². The van der Waals surface area contributed by atoms with Crippen LogP contribution in [0.15, 0.2) is 35.4 Å². The topological polar surface area (TPSA) is 133 Å². The Morgan fingerprint density at radius 2 is 2.00 bits per heavy atom. The van der Waals surface area contributed by atoms with Crippen LogP contribution in [-0.4, -0.2) is 33.9 Å². The van der Waals surface area contributed by atoms with Crippen LogP contribution in [0, 0.1) is 6.92 Å². The average Bonchev–Trinajstić information content (AvgIpc) is 3.02. The van der Waals surface area contributed by atoms with Crippen LogP contribution in [0.1, 0.15) is 32.5 Å². The number of aryl methyl sites for hydroxylation is 1. The number of nitrogens with one attached hydrogen (secondary N) is 1. The summed E-state index contributed by atoms with van der Waals surface area (Å²) in [6, 6.07) is 6.30. The number of anilines is 1. The van der Waals surface area contributed by atoms with E-state index in [1.165, 1.54) is 18.5 Å². The number of nitrogens with two attached hydrogens (primary N) is 1. The molecule has 0 aliphatic heterocycles. The maximum absolute atomic E-state index is 12.8. The summed E-state index contributed by atoms with van der Waals surface area (Å²) in [5.74, 6) is -1.72. The number of carbonyl (C=O) groups excluding carboxylic acids is 3. The van der Waals surface area contributed by atoms with Crippen LogP contribution in [0.4, 0.5) is 5.69 Å². The first-order valence-electron chi connectivity index (χ1n) is 8.67. The standard InChI is InChI=1S/C19H18N4O5S/c1-3-28-19(27)15-10(2)14-17(29-15)21-9-23(18(14)26)8-13(24)22-12-7-5-4-6-11(12)16(20)25/h4-7,9H,3,8H2,1-2H3,(H2,20,25)(H,22,24). The number of ether oxygens (including phenoxy) is 1. The van der Waals surface area contributed by atoms with Crippen LogP contribution in [0.3, 0.4) is 0 Å². The molecule has 0 spiro atoms. The number of hydrogen-bond acceptors (Lipinski definition) is 7. The molecule has 0 saturated carbocycles. The van der Waals surface area contributed by atoms with E-state index in [4.69, 9.17) is 10.5 Å². The Morgan fingerprint density at radius 1 is 1.28 bits per heavy atom. The number of primary amides is 1. The lowest BCUT2D eigenvalue weighted by atomic mass is 10.1. The molecule has 150 valence electrons. The summed E-state index contributed by atoms with van der Waals surface area (Å²) in [7, 11) is 0. The third kappa shape index (κ3) is 4.02. The summed E-state index contributed by atoms with van der Waals surface area (Å²) in [6.45, 7) is 3.23. The molecular weight excluding hydrogens is 396 g/mol. The van der Waals surface area contributed by atoms with E-state index in [1.54, 1.807) is 26.0 Å². The largest absolute Gasteiger partial charge is 0.462 e. The molecule has 0 radical (unpaired) electrons. The van der Waals surface area contributed by atoms with Gasteiger partial charge < -0.3 is 15.8 Å². The quantitative estimate of drug-likeness (QED) is 0.590. The highest BCUT2D eigenvalue weighted by Crippen LogP contribution is 2.27. The number of nitrogens with zero attached hydrogens (tertiary/aromatic N) is 2. The molecule has 0 fully saturated rings. The molecule has 3 N–H and O–H groups in total.